The summed E-state index contributed by atoms with van der Waals surface area (Å²) in [5, 5.41) is 9.85. The first kappa shape index (κ1) is 16.4. The van der Waals surface area contributed by atoms with E-state index in [1.807, 2.05) is 12.1 Å². The standard InChI is InChI=1S/C16H20ClNO5/c1-21-14(16(19)20)10-4-6-18(7-5-10)8-11-12(17)2-3-13-15(11)23-9-22-13/h2-3,10,14H,4-9H2,1H3,(H,19,20). The Hall–Kier alpha value is -1.50. The number of halogens is 1. The third-order valence-corrected chi connectivity index (χ3v) is 4.88. The van der Waals surface area contributed by atoms with Crippen LogP contribution >= 0.6 is 11.6 Å². The molecule has 6 nitrogen and oxygen atoms in total. The van der Waals surface area contributed by atoms with Gasteiger partial charge in [-0.2, -0.15) is 0 Å². The van der Waals surface area contributed by atoms with Gasteiger partial charge in [0.05, 0.1) is 0 Å². The molecular weight excluding hydrogens is 322 g/mol. The molecule has 1 atom stereocenters. The molecule has 2 heterocycles. The molecule has 1 unspecified atom stereocenters. The molecule has 3 rings (SSSR count). The topological polar surface area (TPSA) is 68.2 Å². The Morgan fingerprint density at radius 3 is 2.83 bits per heavy atom. The van der Waals surface area contributed by atoms with E-state index in [-0.39, 0.29) is 12.7 Å². The molecule has 2 aliphatic rings. The van der Waals surface area contributed by atoms with Crippen LogP contribution in [0.2, 0.25) is 5.02 Å². The van der Waals surface area contributed by atoms with Crippen molar-refractivity contribution >= 4 is 17.6 Å². The predicted molar refractivity (Wildman–Crippen MR) is 84.0 cm³/mol. The molecule has 0 aromatic heterocycles. The summed E-state index contributed by atoms with van der Waals surface area (Å²) in [6.07, 6.45) is 0.849. The van der Waals surface area contributed by atoms with Crippen molar-refractivity contribution in [3.63, 3.8) is 0 Å². The van der Waals surface area contributed by atoms with Crippen molar-refractivity contribution in [2.24, 2.45) is 5.92 Å². The van der Waals surface area contributed by atoms with Gasteiger partial charge in [0.25, 0.3) is 0 Å². The van der Waals surface area contributed by atoms with Crippen molar-refractivity contribution in [2.75, 3.05) is 27.0 Å². The zero-order chi connectivity index (χ0) is 16.4. The molecule has 126 valence electrons. The van der Waals surface area contributed by atoms with Crippen LogP contribution in [0.15, 0.2) is 12.1 Å². The van der Waals surface area contributed by atoms with Gasteiger partial charge in [0.2, 0.25) is 6.79 Å². The molecule has 1 aromatic carbocycles. The van der Waals surface area contributed by atoms with Gasteiger partial charge in [-0.1, -0.05) is 11.6 Å². The Kier molecular flexibility index (Phi) is 4.94. The monoisotopic (exact) mass is 341 g/mol. The first-order chi connectivity index (χ1) is 11.1. The second kappa shape index (κ2) is 6.95. The second-order valence-corrected chi connectivity index (χ2v) is 6.28. The van der Waals surface area contributed by atoms with Gasteiger partial charge in [0.15, 0.2) is 17.6 Å². The molecule has 0 spiro atoms. The zero-order valence-electron chi connectivity index (χ0n) is 13.0. The lowest BCUT2D eigenvalue weighted by molar-refractivity contribution is -0.153. The number of piperidine rings is 1. The Morgan fingerprint density at radius 2 is 2.17 bits per heavy atom. The molecule has 1 aromatic rings. The van der Waals surface area contributed by atoms with Crippen LogP contribution in [0.1, 0.15) is 18.4 Å². The minimum absolute atomic E-state index is 0.0466. The normalized spacial score (nSPS) is 19.7. The molecule has 1 N–H and O–H groups in total. The van der Waals surface area contributed by atoms with E-state index in [1.54, 1.807) is 0 Å². The van der Waals surface area contributed by atoms with E-state index in [0.29, 0.717) is 11.6 Å². The molecule has 1 saturated heterocycles. The smallest absolute Gasteiger partial charge is 0.333 e. The van der Waals surface area contributed by atoms with Crippen molar-refractivity contribution in [1.29, 1.82) is 0 Å². The molecule has 7 heteroatoms. The number of methoxy groups -OCH3 is 1. The third-order valence-electron chi connectivity index (χ3n) is 4.52. The number of rotatable bonds is 5. The Labute approximate surface area is 139 Å². The van der Waals surface area contributed by atoms with E-state index < -0.39 is 12.1 Å². The van der Waals surface area contributed by atoms with Gasteiger partial charge in [-0.15, -0.1) is 0 Å². The van der Waals surface area contributed by atoms with Crippen LogP contribution in [0.25, 0.3) is 0 Å². The average molecular weight is 342 g/mol. The lowest BCUT2D eigenvalue weighted by atomic mass is 9.91. The van der Waals surface area contributed by atoms with E-state index in [0.717, 1.165) is 43.0 Å². The summed E-state index contributed by atoms with van der Waals surface area (Å²) in [4.78, 5) is 13.4. The number of fused-ring (bicyclic) bond motifs is 1. The minimum Gasteiger partial charge on any atom is -0.479 e. The van der Waals surface area contributed by atoms with Crippen LogP contribution in [0.3, 0.4) is 0 Å². The lowest BCUT2D eigenvalue weighted by Gasteiger charge is -2.34. The summed E-state index contributed by atoms with van der Waals surface area (Å²) in [5.74, 6) is 0.607. The van der Waals surface area contributed by atoms with Gasteiger partial charge in [-0.05, 0) is 44.0 Å². The summed E-state index contributed by atoms with van der Waals surface area (Å²) >= 11 is 6.31. The number of nitrogens with zero attached hydrogens (tertiary/aromatic N) is 1. The number of ether oxygens (including phenoxy) is 3. The summed E-state index contributed by atoms with van der Waals surface area (Å²) < 4.78 is 16.0. The summed E-state index contributed by atoms with van der Waals surface area (Å²) in [7, 11) is 1.45. The summed E-state index contributed by atoms with van der Waals surface area (Å²) in [5.41, 5.74) is 0.932. The Balaban J connectivity index is 1.64. The number of aliphatic carboxylic acids is 1. The molecular formula is C16H20ClNO5. The van der Waals surface area contributed by atoms with Gasteiger partial charge in [0.1, 0.15) is 0 Å². The number of carbonyl (C=O) groups is 1. The van der Waals surface area contributed by atoms with Crippen LogP contribution in [0.4, 0.5) is 0 Å². The quantitative estimate of drug-likeness (QED) is 0.887. The summed E-state index contributed by atoms with van der Waals surface area (Å²) in [6.45, 7) is 2.50. The van der Waals surface area contributed by atoms with Gasteiger partial charge in [-0.3, -0.25) is 4.90 Å². The highest BCUT2D eigenvalue weighted by Gasteiger charge is 2.32. The molecule has 0 saturated carbocycles. The highest BCUT2D eigenvalue weighted by atomic mass is 35.5. The van der Waals surface area contributed by atoms with Crippen molar-refractivity contribution < 1.29 is 24.1 Å². The van der Waals surface area contributed by atoms with Crippen molar-refractivity contribution in [3.8, 4) is 11.5 Å². The lowest BCUT2D eigenvalue weighted by Crippen LogP contribution is -2.41. The maximum atomic E-state index is 11.2. The first-order valence-corrected chi connectivity index (χ1v) is 8.03. The molecule has 0 bridgehead atoms. The molecule has 0 radical (unpaired) electrons. The van der Waals surface area contributed by atoms with Crippen molar-refractivity contribution in [2.45, 2.75) is 25.5 Å². The molecule has 2 aliphatic heterocycles. The van der Waals surface area contributed by atoms with E-state index in [2.05, 4.69) is 4.90 Å². The average Bonchev–Trinajstić information content (AvgIpc) is 3.01. The van der Waals surface area contributed by atoms with Crippen LogP contribution in [-0.4, -0.2) is 49.1 Å². The minimum atomic E-state index is -0.888. The second-order valence-electron chi connectivity index (χ2n) is 5.87. The fourth-order valence-corrected chi connectivity index (χ4v) is 3.49. The highest BCUT2D eigenvalue weighted by molar-refractivity contribution is 6.31. The SMILES string of the molecule is COC(C(=O)O)C1CCN(Cc2c(Cl)ccc3c2OCO3)CC1. The van der Waals surface area contributed by atoms with Crippen molar-refractivity contribution in [3.05, 3.63) is 22.7 Å². The van der Waals surface area contributed by atoms with Gasteiger partial charge >= 0.3 is 5.97 Å². The van der Waals surface area contributed by atoms with Gasteiger partial charge in [0, 0.05) is 24.2 Å². The number of carboxylic acids is 1. The first-order valence-electron chi connectivity index (χ1n) is 7.65. The molecule has 0 aliphatic carbocycles. The maximum Gasteiger partial charge on any atom is 0.333 e. The van der Waals surface area contributed by atoms with E-state index in [9.17, 15) is 9.90 Å². The molecule has 1 fully saturated rings. The number of hydrogen-bond acceptors (Lipinski definition) is 5. The van der Waals surface area contributed by atoms with Crippen molar-refractivity contribution in [1.82, 2.24) is 4.90 Å². The Bertz CT molecular complexity index is 586. The number of carboxylic acid groups (broad SMARTS) is 1. The fourth-order valence-electron chi connectivity index (χ4n) is 3.29. The summed E-state index contributed by atoms with van der Waals surface area (Å²) in [6, 6.07) is 3.64. The largest absolute Gasteiger partial charge is 0.479 e. The van der Waals surface area contributed by atoms with Crippen LogP contribution in [-0.2, 0) is 16.1 Å². The predicted octanol–water partition coefficient (Wildman–Crippen LogP) is 2.38. The molecule has 23 heavy (non-hydrogen) atoms. The zero-order valence-corrected chi connectivity index (χ0v) is 13.7. The van der Waals surface area contributed by atoms with E-state index in [4.69, 9.17) is 25.8 Å². The third kappa shape index (κ3) is 3.39. The van der Waals surface area contributed by atoms with Crippen LogP contribution in [0, 0.1) is 5.92 Å². The Morgan fingerprint density at radius 1 is 1.43 bits per heavy atom. The van der Waals surface area contributed by atoms with Crippen LogP contribution in [0.5, 0.6) is 11.5 Å². The number of hydrogen-bond donors (Lipinski definition) is 1. The van der Waals surface area contributed by atoms with Crippen LogP contribution < -0.4 is 9.47 Å². The van der Waals surface area contributed by atoms with Gasteiger partial charge in [-0.25, -0.2) is 4.79 Å². The van der Waals surface area contributed by atoms with Gasteiger partial charge < -0.3 is 19.3 Å². The fraction of sp³-hybridized carbons (Fsp3) is 0.562. The molecule has 0 amide bonds. The maximum absolute atomic E-state index is 11.2. The van der Waals surface area contributed by atoms with E-state index in [1.165, 1.54) is 7.11 Å². The van der Waals surface area contributed by atoms with E-state index >= 15 is 0 Å². The highest BCUT2D eigenvalue weighted by Crippen LogP contribution is 2.40. The number of likely N-dealkylation sites (tertiary alicyclic amines) is 1. The number of benzene rings is 1.